The standard InChI is InChI=1S/C29H58N6O6/c1-28(2,3)40-24-39-22-21-34-16-15-32(11-7-9-25(30)36)13-14-33(12-8-10-26(31)37)17-19-35(20-18-34)23-27(38)41-29(4,5)6/h7-24H2,1-6H3,(H2,30,36)(H2,31,37). The number of carbonyl (C=O) groups is 3. The Labute approximate surface area is 247 Å². The van der Waals surface area contributed by atoms with E-state index in [1.165, 1.54) is 0 Å². The molecule has 0 atom stereocenters. The molecular weight excluding hydrogens is 528 g/mol. The summed E-state index contributed by atoms with van der Waals surface area (Å²) < 4.78 is 17.1. The van der Waals surface area contributed by atoms with Crippen molar-refractivity contribution in [1.29, 1.82) is 0 Å². The molecule has 0 spiro atoms. The first-order valence-corrected chi connectivity index (χ1v) is 15.0. The molecule has 0 aromatic heterocycles. The van der Waals surface area contributed by atoms with Gasteiger partial charge in [0.25, 0.3) is 0 Å². The third-order valence-electron chi connectivity index (χ3n) is 6.62. The van der Waals surface area contributed by atoms with E-state index in [0.29, 0.717) is 45.4 Å². The molecule has 41 heavy (non-hydrogen) atoms. The number of hydrogen-bond donors (Lipinski definition) is 2. The SMILES string of the molecule is CC(C)(C)OCOCCN1CCN(CCCC(N)=O)CCN(CCCC(N)=O)CCN(CC(=O)OC(C)(C)C)CC1. The molecule has 1 saturated heterocycles. The van der Waals surface area contributed by atoms with Crippen molar-refractivity contribution < 1.29 is 28.6 Å². The van der Waals surface area contributed by atoms with Crippen LogP contribution in [0.4, 0.5) is 0 Å². The van der Waals surface area contributed by atoms with Gasteiger partial charge in [0.15, 0.2) is 0 Å². The highest BCUT2D eigenvalue weighted by Crippen LogP contribution is 2.09. The van der Waals surface area contributed by atoms with Crippen molar-refractivity contribution >= 4 is 17.8 Å². The van der Waals surface area contributed by atoms with Gasteiger partial charge in [-0.05, 0) is 67.5 Å². The van der Waals surface area contributed by atoms with Crippen LogP contribution in [0.25, 0.3) is 0 Å². The van der Waals surface area contributed by atoms with E-state index in [9.17, 15) is 14.4 Å². The number of ether oxygens (including phenoxy) is 3. The second-order valence-electron chi connectivity index (χ2n) is 12.8. The van der Waals surface area contributed by atoms with Crippen LogP contribution in [-0.4, -0.2) is 141 Å². The number of esters is 1. The largest absolute Gasteiger partial charge is 0.459 e. The summed E-state index contributed by atoms with van der Waals surface area (Å²) in [7, 11) is 0. The monoisotopic (exact) mass is 586 g/mol. The molecule has 0 aromatic rings. The molecule has 0 aromatic carbocycles. The third kappa shape index (κ3) is 21.5. The van der Waals surface area contributed by atoms with Gasteiger partial charge in [-0.3, -0.25) is 24.2 Å². The Morgan fingerprint density at radius 3 is 1.44 bits per heavy atom. The van der Waals surface area contributed by atoms with E-state index in [0.717, 1.165) is 58.9 Å². The molecular formula is C29H58N6O6. The topological polar surface area (TPSA) is 144 Å². The first-order valence-electron chi connectivity index (χ1n) is 15.0. The molecule has 240 valence electrons. The average Bonchev–Trinajstić information content (AvgIpc) is 2.81. The fraction of sp³-hybridized carbons (Fsp3) is 0.897. The van der Waals surface area contributed by atoms with E-state index in [2.05, 4.69) is 19.6 Å². The second kappa shape index (κ2) is 19.4. The lowest BCUT2D eigenvalue weighted by Crippen LogP contribution is -2.48. The van der Waals surface area contributed by atoms with E-state index in [-0.39, 0.29) is 36.7 Å². The summed E-state index contributed by atoms with van der Waals surface area (Å²) in [4.78, 5) is 44.6. The number of rotatable bonds is 15. The van der Waals surface area contributed by atoms with Crippen LogP contribution in [0, 0.1) is 0 Å². The Kier molecular flexibility index (Phi) is 17.6. The Balaban J connectivity index is 2.94. The lowest BCUT2D eigenvalue weighted by molar-refractivity contribution is -0.156. The lowest BCUT2D eigenvalue weighted by Gasteiger charge is -2.34. The van der Waals surface area contributed by atoms with Gasteiger partial charge in [0.05, 0.1) is 18.8 Å². The third-order valence-corrected chi connectivity index (χ3v) is 6.62. The van der Waals surface area contributed by atoms with E-state index in [1.54, 1.807) is 0 Å². The normalized spacial score (nSPS) is 18.0. The highest BCUT2D eigenvalue weighted by molar-refractivity contribution is 5.74. The number of nitrogens with zero attached hydrogens (tertiary/aromatic N) is 4. The molecule has 1 aliphatic rings. The molecule has 0 radical (unpaired) electrons. The predicted molar refractivity (Wildman–Crippen MR) is 160 cm³/mol. The zero-order valence-electron chi connectivity index (χ0n) is 26.6. The van der Waals surface area contributed by atoms with Crippen molar-refractivity contribution in [3.63, 3.8) is 0 Å². The van der Waals surface area contributed by atoms with Crippen molar-refractivity contribution in [2.24, 2.45) is 11.5 Å². The van der Waals surface area contributed by atoms with Gasteiger partial charge in [-0.1, -0.05) is 0 Å². The van der Waals surface area contributed by atoms with Crippen LogP contribution in [-0.2, 0) is 28.6 Å². The minimum Gasteiger partial charge on any atom is -0.459 e. The summed E-state index contributed by atoms with van der Waals surface area (Å²) in [5, 5.41) is 0. The quantitative estimate of drug-likeness (QED) is 0.161. The van der Waals surface area contributed by atoms with Crippen LogP contribution in [0.5, 0.6) is 0 Å². The summed E-state index contributed by atoms with van der Waals surface area (Å²) in [6, 6.07) is 0. The van der Waals surface area contributed by atoms with Crippen LogP contribution < -0.4 is 11.5 Å². The smallest absolute Gasteiger partial charge is 0.320 e. The zero-order chi connectivity index (χ0) is 30.9. The van der Waals surface area contributed by atoms with Gasteiger partial charge < -0.3 is 35.5 Å². The zero-order valence-corrected chi connectivity index (χ0v) is 26.6. The minimum atomic E-state index is -0.541. The van der Waals surface area contributed by atoms with Gasteiger partial charge in [-0.25, -0.2) is 0 Å². The molecule has 12 nitrogen and oxygen atoms in total. The average molecular weight is 587 g/mol. The van der Waals surface area contributed by atoms with Crippen molar-refractivity contribution in [2.75, 3.05) is 91.9 Å². The van der Waals surface area contributed by atoms with Gasteiger partial charge in [0, 0.05) is 71.7 Å². The molecule has 0 unspecified atom stereocenters. The summed E-state index contributed by atoms with van der Waals surface area (Å²) >= 11 is 0. The highest BCUT2D eigenvalue weighted by Gasteiger charge is 2.22. The van der Waals surface area contributed by atoms with E-state index >= 15 is 0 Å². The molecule has 12 heteroatoms. The van der Waals surface area contributed by atoms with Crippen LogP contribution >= 0.6 is 0 Å². The summed E-state index contributed by atoms with van der Waals surface area (Å²) in [6.07, 6.45) is 2.12. The van der Waals surface area contributed by atoms with Gasteiger partial charge in [0.2, 0.25) is 11.8 Å². The molecule has 1 rings (SSSR count). The fourth-order valence-electron chi connectivity index (χ4n) is 4.39. The molecule has 1 heterocycles. The Bertz CT molecular complexity index is 770. The molecule has 0 aliphatic carbocycles. The summed E-state index contributed by atoms with van der Waals surface area (Å²) in [6.45, 7) is 21.1. The Hall–Kier alpha value is -1.83. The van der Waals surface area contributed by atoms with Crippen LogP contribution in [0.15, 0.2) is 0 Å². The van der Waals surface area contributed by atoms with Crippen molar-refractivity contribution in [1.82, 2.24) is 19.6 Å². The molecule has 1 fully saturated rings. The molecule has 2 amide bonds. The van der Waals surface area contributed by atoms with Gasteiger partial charge >= 0.3 is 5.97 Å². The number of primary amides is 2. The van der Waals surface area contributed by atoms with Crippen molar-refractivity contribution in [3.8, 4) is 0 Å². The summed E-state index contributed by atoms with van der Waals surface area (Å²) in [5.74, 6) is -0.818. The molecule has 1 aliphatic heterocycles. The molecule has 0 bridgehead atoms. The van der Waals surface area contributed by atoms with Gasteiger partial charge in [-0.15, -0.1) is 0 Å². The van der Waals surface area contributed by atoms with E-state index < -0.39 is 5.60 Å². The molecule has 4 N–H and O–H groups in total. The van der Waals surface area contributed by atoms with Crippen molar-refractivity contribution in [3.05, 3.63) is 0 Å². The first-order chi connectivity index (χ1) is 19.1. The summed E-state index contributed by atoms with van der Waals surface area (Å²) in [5.41, 5.74) is 9.97. The maximum atomic E-state index is 12.7. The van der Waals surface area contributed by atoms with Crippen molar-refractivity contribution in [2.45, 2.75) is 78.4 Å². The number of nitrogens with two attached hydrogens (primary N) is 2. The minimum absolute atomic E-state index is 0.218. The number of amides is 2. The lowest BCUT2D eigenvalue weighted by atomic mass is 10.2. The Morgan fingerprint density at radius 1 is 0.634 bits per heavy atom. The maximum absolute atomic E-state index is 12.7. The van der Waals surface area contributed by atoms with Crippen LogP contribution in [0.2, 0.25) is 0 Å². The Morgan fingerprint density at radius 2 is 1.05 bits per heavy atom. The van der Waals surface area contributed by atoms with E-state index in [4.69, 9.17) is 25.7 Å². The maximum Gasteiger partial charge on any atom is 0.320 e. The van der Waals surface area contributed by atoms with Crippen LogP contribution in [0.3, 0.4) is 0 Å². The second-order valence-corrected chi connectivity index (χ2v) is 12.8. The van der Waals surface area contributed by atoms with Gasteiger partial charge in [-0.2, -0.15) is 0 Å². The van der Waals surface area contributed by atoms with Gasteiger partial charge in [0.1, 0.15) is 12.4 Å². The number of hydrogen-bond acceptors (Lipinski definition) is 10. The predicted octanol–water partition coefficient (Wildman–Crippen LogP) is 0.870. The fourth-order valence-corrected chi connectivity index (χ4v) is 4.39. The van der Waals surface area contributed by atoms with E-state index in [1.807, 2.05) is 41.5 Å². The number of carbonyl (C=O) groups excluding carboxylic acids is 3. The molecule has 0 saturated carbocycles. The first kappa shape index (κ1) is 37.2. The van der Waals surface area contributed by atoms with Crippen LogP contribution in [0.1, 0.15) is 67.2 Å². The highest BCUT2D eigenvalue weighted by atomic mass is 16.7.